The fraction of sp³-hybridized carbons (Fsp3) is 0.154. The summed E-state index contributed by atoms with van der Waals surface area (Å²) in [7, 11) is 0. The van der Waals surface area contributed by atoms with E-state index in [2.05, 4.69) is 15.5 Å². The Morgan fingerprint density at radius 2 is 2.20 bits per heavy atom. The monoisotopic (exact) mass is 308 g/mol. The van der Waals surface area contributed by atoms with Crippen LogP contribution in [-0.2, 0) is 6.42 Å². The van der Waals surface area contributed by atoms with E-state index in [4.69, 9.17) is 17.3 Å². The van der Waals surface area contributed by atoms with Crippen molar-refractivity contribution in [3.8, 4) is 0 Å². The van der Waals surface area contributed by atoms with E-state index in [9.17, 15) is 4.79 Å². The Kier molecular flexibility index (Phi) is 4.70. The molecule has 0 saturated heterocycles. The van der Waals surface area contributed by atoms with Crippen molar-refractivity contribution in [3.05, 3.63) is 45.4 Å². The Bertz CT molecular complexity index is 636. The molecule has 2 rings (SSSR count). The maximum Gasteiger partial charge on any atom is 0.283 e. The van der Waals surface area contributed by atoms with E-state index in [0.717, 1.165) is 16.9 Å². The lowest BCUT2D eigenvalue weighted by molar-refractivity contribution is 0.0958. The summed E-state index contributed by atoms with van der Waals surface area (Å²) < 4.78 is 0. The van der Waals surface area contributed by atoms with Gasteiger partial charge in [0.05, 0.1) is 11.9 Å². The molecule has 1 heterocycles. The highest BCUT2D eigenvalue weighted by Crippen LogP contribution is 2.20. The van der Waals surface area contributed by atoms with Crippen LogP contribution in [0.5, 0.6) is 0 Å². The molecule has 1 amide bonds. The van der Waals surface area contributed by atoms with Gasteiger partial charge in [0.25, 0.3) is 5.91 Å². The van der Waals surface area contributed by atoms with Crippen molar-refractivity contribution in [2.45, 2.75) is 13.3 Å². The topological polar surface area (TPSA) is 80.4 Å². The van der Waals surface area contributed by atoms with Gasteiger partial charge in [-0.05, 0) is 24.1 Å². The van der Waals surface area contributed by atoms with Gasteiger partial charge in [0.1, 0.15) is 4.88 Å². The number of aryl methyl sites for hydroxylation is 1. The van der Waals surface area contributed by atoms with Crippen LogP contribution in [0.3, 0.4) is 0 Å². The van der Waals surface area contributed by atoms with Crippen LogP contribution in [0.1, 0.15) is 27.9 Å². The zero-order chi connectivity index (χ0) is 14.5. The van der Waals surface area contributed by atoms with Crippen molar-refractivity contribution >= 4 is 40.2 Å². The molecule has 0 radical (unpaired) electrons. The molecule has 104 valence electrons. The molecular formula is C13H13ClN4OS. The molecule has 0 saturated carbocycles. The van der Waals surface area contributed by atoms with E-state index in [1.165, 1.54) is 0 Å². The van der Waals surface area contributed by atoms with Crippen LogP contribution in [0.15, 0.2) is 29.4 Å². The first-order valence-corrected chi connectivity index (χ1v) is 7.13. The quantitative estimate of drug-likeness (QED) is 0.673. The maximum absolute atomic E-state index is 12.0. The van der Waals surface area contributed by atoms with Crippen molar-refractivity contribution in [3.63, 3.8) is 0 Å². The van der Waals surface area contributed by atoms with Gasteiger partial charge in [0.15, 0.2) is 5.13 Å². The van der Waals surface area contributed by atoms with Crippen LogP contribution in [0.2, 0.25) is 5.02 Å². The highest BCUT2D eigenvalue weighted by Gasteiger charge is 2.15. The number of nitrogens with one attached hydrogen (secondary N) is 1. The lowest BCUT2D eigenvalue weighted by atomic mass is 10.2. The number of halogens is 1. The molecule has 0 spiro atoms. The van der Waals surface area contributed by atoms with E-state index in [1.807, 2.05) is 6.92 Å². The smallest absolute Gasteiger partial charge is 0.283 e. The molecule has 0 bridgehead atoms. The molecule has 0 unspecified atom stereocenters. The maximum atomic E-state index is 12.0. The van der Waals surface area contributed by atoms with Crippen molar-refractivity contribution < 1.29 is 4.79 Å². The highest BCUT2D eigenvalue weighted by atomic mass is 35.5. The van der Waals surface area contributed by atoms with Crippen LogP contribution in [0.25, 0.3) is 0 Å². The van der Waals surface area contributed by atoms with Crippen molar-refractivity contribution in [1.82, 2.24) is 10.4 Å². The van der Waals surface area contributed by atoms with Gasteiger partial charge >= 0.3 is 0 Å². The summed E-state index contributed by atoms with van der Waals surface area (Å²) in [6.45, 7) is 1.92. The average molecular weight is 309 g/mol. The number of hydrazone groups is 1. The Morgan fingerprint density at radius 3 is 2.85 bits per heavy atom. The lowest BCUT2D eigenvalue weighted by Gasteiger charge is -1.98. The minimum absolute atomic E-state index is 0.304. The Morgan fingerprint density at radius 1 is 1.50 bits per heavy atom. The number of amides is 1. The Hall–Kier alpha value is -1.92. The normalized spacial score (nSPS) is 10.9. The summed E-state index contributed by atoms with van der Waals surface area (Å²) in [5, 5.41) is 4.94. The SMILES string of the molecule is CCc1nc(N)sc1C(=O)NN=Cc1ccc(Cl)cc1. The predicted molar refractivity (Wildman–Crippen MR) is 82.4 cm³/mol. The van der Waals surface area contributed by atoms with Crippen molar-refractivity contribution in [1.29, 1.82) is 0 Å². The number of hydrogen-bond acceptors (Lipinski definition) is 5. The van der Waals surface area contributed by atoms with Crippen LogP contribution in [0, 0.1) is 0 Å². The molecule has 0 aliphatic rings. The third-order valence-electron chi connectivity index (χ3n) is 2.50. The molecule has 5 nitrogen and oxygen atoms in total. The zero-order valence-corrected chi connectivity index (χ0v) is 12.3. The van der Waals surface area contributed by atoms with Gasteiger partial charge < -0.3 is 5.73 Å². The van der Waals surface area contributed by atoms with Crippen molar-refractivity contribution in [2.24, 2.45) is 5.10 Å². The summed E-state index contributed by atoms with van der Waals surface area (Å²) in [6.07, 6.45) is 2.20. The van der Waals surface area contributed by atoms with Crippen molar-refractivity contribution in [2.75, 3.05) is 5.73 Å². The van der Waals surface area contributed by atoms with E-state index >= 15 is 0 Å². The molecule has 3 N–H and O–H groups in total. The minimum atomic E-state index is -0.304. The number of carbonyl (C=O) groups excluding carboxylic acids is 1. The molecule has 20 heavy (non-hydrogen) atoms. The van der Waals surface area contributed by atoms with E-state index in [1.54, 1.807) is 30.5 Å². The van der Waals surface area contributed by atoms with Crippen LogP contribution < -0.4 is 11.2 Å². The largest absolute Gasteiger partial charge is 0.375 e. The Balaban J connectivity index is 2.03. The molecule has 1 aromatic carbocycles. The van der Waals surface area contributed by atoms with Gasteiger partial charge in [0, 0.05) is 5.02 Å². The number of nitrogens with zero attached hydrogens (tertiary/aromatic N) is 2. The summed E-state index contributed by atoms with van der Waals surface area (Å²) in [4.78, 5) is 16.5. The molecule has 0 atom stereocenters. The molecule has 0 aliphatic heterocycles. The Labute approximate surface area is 125 Å². The summed E-state index contributed by atoms with van der Waals surface area (Å²) in [6, 6.07) is 7.12. The van der Waals surface area contributed by atoms with Gasteiger partial charge in [0.2, 0.25) is 0 Å². The first kappa shape index (κ1) is 14.5. The van der Waals surface area contributed by atoms with Crippen LogP contribution in [0.4, 0.5) is 5.13 Å². The summed E-state index contributed by atoms with van der Waals surface area (Å²) in [5.74, 6) is -0.304. The van der Waals surface area contributed by atoms with Crippen LogP contribution >= 0.6 is 22.9 Å². The second kappa shape index (κ2) is 6.49. The molecule has 0 fully saturated rings. The fourth-order valence-corrected chi connectivity index (χ4v) is 2.49. The summed E-state index contributed by atoms with van der Waals surface area (Å²) >= 11 is 6.94. The number of hydrogen-bond donors (Lipinski definition) is 2. The number of benzene rings is 1. The van der Waals surface area contributed by atoms with E-state index in [0.29, 0.717) is 27.1 Å². The van der Waals surface area contributed by atoms with Gasteiger partial charge in [-0.1, -0.05) is 42.0 Å². The van der Waals surface area contributed by atoms with Crippen LogP contribution in [-0.4, -0.2) is 17.1 Å². The second-order valence-electron chi connectivity index (χ2n) is 3.93. The molecular weight excluding hydrogens is 296 g/mol. The molecule has 7 heteroatoms. The number of thiazole rings is 1. The van der Waals surface area contributed by atoms with Gasteiger partial charge in [-0.25, -0.2) is 10.4 Å². The zero-order valence-electron chi connectivity index (χ0n) is 10.8. The van der Waals surface area contributed by atoms with Gasteiger partial charge in [-0.2, -0.15) is 5.10 Å². The predicted octanol–water partition coefficient (Wildman–Crippen LogP) is 2.71. The van der Waals surface area contributed by atoms with Gasteiger partial charge in [-0.3, -0.25) is 4.79 Å². The first-order valence-electron chi connectivity index (χ1n) is 5.94. The number of nitrogen functional groups attached to an aromatic ring is 1. The number of anilines is 1. The standard InChI is InChI=1S/C13H13ClN4OS/c1-2-10-11(20-13(15)17-10)12(19)18-16-7-8-3-5-9(14)6-4-8/h3-7H,2H2,1H3,(H2,15,17)(H,18,19). The minimum Gasteiger partial charge on any atom is -0.375 e. The molecule has 2 aromatic rings. The lowest BCUT2D eigenvalue weighted by Crippen LogP contribution is -2.17. The summed E-state index contributed by atoms with van der Waals surface area (Å²) in [5.41, 5.74) is 9.59. The second-order valence-corrected chi connectivity index (χ2v) is 5.40. The molecule has 1 aromatic heterocycles. The third-order valence-corrected chi connectivity index (χ3v) is 3.68. The number of nitrogens with two attached hydrogens (primary N) is 1. The number of carbonyl (C=O) groups is 1. The molecule has 0 aliphatic carbocycles. The average Bonchev–Trinajstić information content (AvgIpc) is 2.82. The third kappa shape index (κ3) is 3.55. The highest BCUT2D eigenvalue weighted by molar-refractivity contribution is 7.17. The van der Waals surface area contributed by atoms with E-state index < -0.39 is 0 Å². The number of rotatable bonds is 4. The number of aromatic nitrogens is 1. The first-order chi connectivity index (χ1) is 9.60. The van der Waals surface area contributed by atoms with E-state index in [-0.39, 0.29) is 5.91 Å². The fourth-order valence-electron chi connectivity index (χ4n) is 1.55. The van der Waals surface area contributed by atoms with Gasteiger partial charge in [-0.15, -0.1) is 0 Å².